The van der Waals surface area contributed by atoms with Gasteiger partial charge in [-0.15, -0.1) is 12.4 Å². The molecule has 2 aromatic rings. The van der Waals surface area contributed by atoms with E-state index >= 15 is 0 Å². The number of aryl methyl sites for hydroxylation is 1. The van der Waals surface area contributed by atoms with Crippen molar-refractivity contribution in [2.45, 2.75) is 26.3 Å². The highest BCUT2D eigenvalue weighted by Gasteiger charge is 2.19. The first-order valence-corrected chi connectivity index (χ1v) is 8.15. The number of carbonyl (C=O) groups is 1. The van der Waals surface area contributed by atoms with Crippen molar-refractivity contribution in [3.63, 3.8) is 0 Å². The molecule has 0 fully saturated rings. The molecule has 1 heterocycles. The molecule has 0 spiro atoms. The zero-order chi connectivity index (χ0) is 17.1. The smallest absolute Gasteiger partial charge is 0.252 e. The van der Waals surface area contributed by atoms with E-state index in [2.05, 4.69) is 5.32 Å². The third-order valence-electron chi connectivity index (χ3n) is 4.19. The number of hydrogen-bond acceptors (Lipinski definition) is 4. The van der Waals surface area contributed by atoms with Crippen molar-refractivity contribution in [3.05, 3.63) is 53.1 Å². The van der Waals surface area contributed by atoms with Gasteiger partial charge in [-0.1, -0.05) is 19.1 Å². The molecule has 1 amide bonds. The molecule has 0 aromatic heterocycles. The summed E-state index contributed by atoms with van der Waals surface area (Å²) >= 11 is 0. The van der Waals surface area contributed by atoms with Gasteiger partial charge in [0.1, 0.15) is 13.2 Å². The van der Waals surface area contributed by atoms with Gasteiger partial charge in [0.25, 0.3) is 5.91 Å². The Morgan fingerprint density at radius 2 is 1.88 bits per heavy atom. The van der Waals surface area contributed by atoms with E-state index in [1.165, 1.54) is 0 Å². The predicted molar refractivity (Wildman–Crippen MR) is 101 cm³/mol. The highest BCUT2D eigenvalue weighted by Crippen LogP contribution is 2.33. The number of fused-ring (bicyclic) bond motifs is 1. The number of nitrogen functional groups attached to an aromatic ring is 1. The quantitative estimate of drug-likeness (QED) is 0.814. The number of halogens is 1. The maximum Gasteiger partial charge on any atom is 0.252 e. The first-order chi connectivity index (χ1) is 11.6. The minimum absolute atomic E-state index is 0. The third-order valence-corrected chi connectivity index (χ3v) is 4.19. The van der Waals surface area contributed by atoms with Gasteiger partial charge >= 0.3 is 0 Å². The van der Waals surface area contributed by atoms with Crippen LogP contribution >= 0.6 is 12.4 Å². The van der Waals surface area contributed by atoms with Crippen LogP contribution < -0.4 is 20.5 Å². The van der Waals surface area contributed by atoms with E-state index in [0.29, 0.717) is 24.5 Å². The number of carbonyl (C=O) groups excluding carboxylic acids is 1. The van der Waals surface area contributed by atoms with Gasteiger partial charge in [-0.25, -0.2) is 0 Å². The predicted octanol–water partition coefficient (Wildman–Crippen LogP) is 3.65. The first-order valence-electron chi connectivity index (χ1n) is 8.15. The third kappa shape index (κ3) is 4.17. The van der Waals surface area contributed by atoms with Crippen LogP contribution in [-0.2, 0) is 0 Å². The summed E-state index contributed by atoms with van der Waals surface area (Å²) in [5, 5.41) is 3.08. The van der Waals surface area contributed by atoms with Crippen molar-refractivity contribution in [2.75, 3.05) is 18.9 Å². The minimum Gasteiger partial charge on any atom is -0.486 e. The summed E-state index contributed by atoms with van der Waals surface area (Å²) < 4.78 is 11.2. The molecule has 1 aliphatic heterocycles. The van der Waals surface area contributed by atoms with Crippen LogP contribution in [0, 0.1) is 6.92 Å². The Kier molecular flexibility index (Phi) is 6.15. The number of benzene rings is 2. The van der Waals surface area contributed by atoms with E-state index in [1.807, 2.05) is 38.1 Å². The Labute approximate surface area is 153 Å². The number of hydrogen-bond donors (Lipinski definition) is 2. The summed E-state index contributed by atoms with van der Waals surface area (Å²) in [6.45, 7) is 5.05. The van der Waals surface area contributed by atoms with Crippen molar-refractivity contribution in [1.29, 1.82) is 0 Å². The van der Waals surface area contributed by atoms with E-state index in [-0.39, 0.29) is 24.4 Å². The molecule has 0 saturated carbocycles. The summed E-state index contributed by atoms with van der Waals surface area (Å²) in [5.74, 6) is 1.35. The van der Waals surface area contributed by atoms with Gasteiger partial charge in [0.15, 0.2) is 11.5 Å². The molecule has 1 unspecified atom stereocenters. The molecule has 3 rings (SSSR count). The summed E-state index contributed by atoms with van der Waals surface area (Å²) in [7, 11) is 0. The average Bonchev–Trinajstić information content (AvgIpc) is 2.61. The fraction of sp³-hybridized carbons (Fsp3) is 0.316. The van der Waals surface area contributed by atoms with Crippen LogP contribution in [-0.4, -0.2) is 19.1 Å². The van der Waals surface area contributed by atoms with Gasteiger partial charge in [-0.05, 0) is 48.7 Å². The van der Waals surface area contributed by atoms with Crippen LogP contribution in [0.4, 0.5) is 5.69 Å². The molecule has 6 heteroatoms. The van der Waals surface area contributed by atoms with Gasteiger partial charge < -0.3 is 20.5 Å². The first kappa shape index (κ1) is 18.9. The van der Waals surface area contributed by atoms with Crippen LogP contribution in [0.3, 0.4) is 0 Å². The molecule has 0 aliphatic carbocycles. The average molecular weight is 363 g/mol. The summed E-state index contributed by atoms with van der Waals surface area (Å²) in [4.78, 5) is 12.6. The van der Waals surface area contributed by atoms with Gasteiger partial charge in [0.05, 0.1) is 6.04 Å². The van der Waals surface area contributed by atoms with Gasteiger partial charge in [0, 0.05) is 11.3 Å². The topological polar surface area (TPSA) is 73.6 Å². The molecule has 134 valence electrons. The van der Waals surface area contributed by atoms with Crippen LogP contribution in [0.2, 0.25) is 0 Å². The van der Waals surface area contributed by atoms with Gasteiger partial charge in [0.2, 0.25) is 0 Å². The van der Waals surface area contributed by atoms with E-state index in [9.17, 15) is 4.79 Å². The zero-order valence-electron chi connectivity index (χ0n) is 14.4. The molecule has 2 aromatic carbocycles. The Morgan fingerprint density at radius 1 is 1.16 bits per heavy atom. The van der Waals surface area contributed by atoms with Gasteiger partial charge in [-0.2, -0.15) is 0 Å². The number of rotatable bonds is 4. The normalized spacial score (nSPS) is 13.5. The van der Waals surface area contributed by atoms with E-state index in [4.69, 9.17) is 15.2 Å². The lowest BCUT2D eigenvalue weighted by Gasteiger charge is -2.22. The maximum atomic E-state index is 12.6. The fourth-order valence-electron chi connectivity index (χ4n) is 2.82. The van der Waals surface area contributed by atoms with Gasteiger partial charge in [-0.3, -0.25) is 4.79 Å². The molecular weight excluding hydrogens is 340 g/mol. The Morgan fingerprint density at radius 3 is 2.60 bits per heavy atom. The molecule has 0 bridgehead atoms. The summed E-state index contributed by atoms with van der Waals surface area (Å²) in [5.41, 5.74) is 8.89. The second kappa shape index (κ2) is 8.12. The lowest BCUT2D eigenvalue weighted by Crippen LogP contribution is -2.29. The Balaban J connectivity index is 0.00000225. The largest absolute Gasteiger partial charge is 0.486 e. The van der Waals surface area contributed by atoms with Crippen LogP contribution in [0.15, 0.2) is 36.4 Å². The lowest BCUT2D eigenvalue weighted by atomic mass is 10.0. The van der Waals surface area contributed by atoms with Crippen molar-refractivity contribution in [1.82, 2.24) is 5.32 Å². The molecule has 25 heavy (non-hydrogen) atoms. The van der Waals surface area contributed by atoms with Crippen LogP contribution in [0.25, 0.3) is 0 Å². The molecule has 1 atom stereocenters. The molecular formula is C19H23ClN2O3. The van der Waals surface area contributed by atoms with E-state index in [1.54, 1.807) is 12.1 Å². The number of nitrogens with two attached hydrogens (primary N) is 1. The maximum absolute atomic E-state index is 12.6. The standard InChI is InChI=1S/C19H22N2O3.ClH/c1-3-16(13-5-7-17-18(10-13)24-9-8-23-17)21-19(22)15-11-14(20)6-4-12(15)2;/h4-7,10-11,16H,3,8-9,20H2,1-2H3,(H,21,22);1H. The Bertz CT molecular complexity index is 764. The lowest BCUT2D eigenvalue weighted by molar-refractivity contribution is 0.0935. The van der Waals surface area contributed by atoms with E-state index in [0.717, 1.165) is 29.0 Å². The highest BCUT2D eigenvalue weighted by molar-refractivity contribution is 5.96. The summed E-state index contributed by atoms with van der Waals surface area (Å²) in [6, 6.07) is 11.1. The number of amides is 1. The second-order valence-corrected chi connectivity index (χ2v) is 5.91. The molecule has 0 radical (unpaired) electrons. The molecule has 5 nitrogen and oxygen atoms in total. The monoisotopic (exact) mass is 362 g/mol. The van der Waals surface area contributed by atoms with Crippen molar-refractivity contribution in [3.8, 4) is 11.5 Å². The summed E-state index contributed by atoms with van der Waals surface area (Å²) in [6.07, 6.45) is 0.771. The van der Waals surface area contributed by atoms with Crippen LogP contribution in [0.5, 0.6) is 11.5 Å². The van der Waals surface area contributed by atoms with Crippen molar-refractivity contribution < 1.29 is 14.3 Å². The fourth-order valence-corrected chi connectivity index (χ4v) is 2.82. The van der Waals surface area contributed by atoms with E-state index < -0.39 is 0 Å². The Hall–Kier alpha value is -2.40. The number of anilines is 1. The molecule has 3 N–H and O–H groups in total. The van der Waals surface area contributed by atoms with Crippen LogP contribution in [0.1, 0.15) is 40.9 Å². The SMILES string of the molecule is CCC(NC(=O)c1cc(N)ccc1C)c1ccc2c(c1)OCCO2.Cl. The molecule has 1 aliphatic rings. The number of nitrogens with one attached hydrogen (secondary N) is 1. The minimum atomic E-state index is -0.124. The second-order valence-electron chi connectivity index (χ2n) is 5.91. The van der Waals surface area contributed by atoms with Crippen molar-refractivity contribution >= 4 is 24.0 Å². The zero-order valence-corrected chi connectivity index (χ0v) is 15.2. The van der Waals surface area contributed by atoms with Crippen molar-refractivity contribution in [2.24, 2.45) is 0 Å². The molecule has 0 saturated heterocycles. The number of ether oxygens (including phenoxy) is 2. The highest BCUT2D eigenvalue weighted by atomic mass is 35.5.